The van der Waals surface area contributed by atoms with Gasteiger partial charge in [-0.2, -0.15) is 0 Å². The van der Waals surface area contributed by atoms with Crippen LogP contribution in [0.1, 0.15) is 30.6 Å². The summed E-state index contributed by atoms with van der Waals surface area (Å²) in [6.07, 6.45) is 0.881. The Kier molecular flexibility index (Phi) is 6.61. The Balaban J connectivity index is 1.91. The highest BCUT2D eigenvalue weighted by Gasteiger charge is 2.22. The van der Waals surface area contributed by atoms with Gasteiger partial charge in [-0.05, 0) is 44.5 Å². The van der Waals surface area contributed by atoms with E-state index in [9.17, 15) is 9.59 Å². The fourth-order valence-corrected chi connectivity index (χ4v) is 3.01. The van der Waals surface area contributed by atoms with Crippen LogP contribution in [0, 0.1) is 0 Å². The van der Waals surface area contributed by atoms with Gasteiger partial charge >= 0.3 is 0 Å². The van der Waals surface area contributed by atoms with Crippen molar-refractivity contribution >= 4 is 17.5 Å². The standard InChI is InChI=1S/C18H28N4O2/c1-3-21(4-2)17(23)14-20-10-5-11-22(13-12-20)18(24)15-6-8-16(19)9-7-15/h6-9H,3-5,10-14,19H2,1-2H3. The fraction of sp³-hybridized carbons (Fsp3) is 0.556. The molecule has 1 aliphatic rings. The Hall–Kier alpha value is -2.08. The molecule has 2 rings (SSSR count). The summed E-state index contributed by atoms with van der Waals surface area (Å²) in [5, 5.41) is 0. The van der Waals surface area contributed by atoms with Gasteiger partial charge in [-0.15, -0.1) is 0 Å². The topological polar surface area (TPSA) is 69.9 Å². The maximum Gasteiger partial charge on any atom is 0.253 e. The molecule has 2 N–H and O–H groups in total. The van der Waals surface area contributed by atoms with Crippen molar-refractivity contribution in [1.82, 2.24) is 14.7 Å². The summed E-state index contributed by atoms with van der Waals surface area (Å²) in [6.45, 7) is 8.86. The summed E-state index contributed by atoms with van der Waals surface area (Å²) in [5.41, 5.74) is 6.99. The summed E-state index contributed by atoms with van der Waals surface area (Å²) in [4.78, 5) is 30.7. The Morgan fingerprint density at radius 1 is 1.04 bits per heavy atom. The molecule has 2 amide bonds. The summed E-state index contributed by atoms with van der Waals surface area (Å²) in [5.74, 6) is 0.199. The van der Waals surface area contributed by atoms with Crippen LogP contribution in [-0.4, -0.2) is 72.3 Å². The van der Waals surface area contributed by atoms with E-state index >= 15 is 0 Å². The summed E-state index contributed by atoms with van der Waals surface area (Å²) in [7, 11) is 0. The number of hydrogen-bond donors (Lipinski definition) is 1. The molecule has 1 saturated heterocycles. The average Bonchev–Trinajstić information content (AvgIpc) is 2.81. The quantitative estimate of drug-likeness (QED) is 0.825. The second-order valence-corrected chi connectivity index (χ2v) is 6.11. The minimum atomic E-state index is 0.0342. The van der Waals surface area contributed by atoms with Crippen LogP contribution in [-0.2, 0) is 4.79 Å². The Morgan fingerprint density at radius 3 is 2.33 bits per heavy atom. The van der Waals surface area contributed by atoms with Crippen LogP contribution < -0.4 is 5.73 Å². The molecule has 0 saturated carbocycles. The first-order valence-corrected chi connectivity index (χ1v) is 8.70. The van der Waals surface area contributed by atoms with E-state index < -0.39 is 0 Å². The molecule has 1 fully saturated rings. The van der Waals surface area contributed by atoms with Crippen LogP contribution >= 0.6 is 0 Å². The van der Waals surface area contributed by atoms with Crippen molar-refractivity contribution in [1.29, 1.82) is 0 Å². The number of nitrogens with two attached hydrogens (primary N) is 1. The van der Waals surface area contributed by atoms with E-state index in [0.29, 0.717) is 24.3 Å². The van der Waals surface area contributed by atoms with Crippen LogP contribution in [0.25, 0.3) is 0 Å². The van der Waals surface area contributed by atoms with Gasteiger partial charge in [0, 0.05) is 50.5 Å². The van der Waals surface area contributed by atoms with Gasteiger partial charge in [0.05, 0.1) is 6.54 Å². The van der Waals surface area contributed by atoms with Crippen molar-refractivity contribution in [2.24, 2.45) is 0 Å². The maximum atomic E-state index is 12.6. The second-order valence-electron chi connectivity index (χ2n) is 6.11. The zero-order valence-corrected chi connectivity index (χ0v) is 14.7. The molecule has 0 atom stereocenters. The number of amides is 2. The van der Waals surface area contributed by atoms with Gasteiger partial charge in [0.15, 0.2) is 0 Å². The van der Waals surface area contributed by atoms with E-state index in [1.807, 2.05) is 23.6 Å². The molecule has 0 unspecified atom stereocenters. The third-order valence-corrected chi connectivity index (χ3v) is 4.51. The maximum absolute atomic E-state index is 12.6. The van der Waals surface area contributed by atoms with E-state index in [2.05, 4.69) is 4.90 Å². The summed E-state index contributed by atoms with van der Waals surface area (Å²) >= 11 is 0. The van der Waals surface area contributed by atoms with E-state index in [0.717, 1.165) is 39.1 Å². The Labute approximate surface area is 144 Å². The van der Waals surface area contributed by atoms with Crippen LogP contribution in [0.15, 0.2) is 24.3 Å². The van der Waals surface area contributed by atoms with E-state index in [-0.39, 0.29) is 11.8 Å². The molecule has 1 aliphatic heterocycles. The number of nitrogens with zero attached hydrogens (tertiary/aromatic N) is 3. The number of hydrogen-bond acceptors (Lipinski definition) is 4. The lowest BCUT2D eigenvalue weighted by molar-refractivity contribution is -0.132. The third kappa shape index (κ3) is 4.71. The molecule has 132 valence electrons. The van der Waals surface area contributed by atoms with Crippen molar-refractivity contribution in [3.63, 3.8) is 0 Å². The molecule has 0 spiro atoms. The lowest BCUT2D eigenvalue weighted by Gasteiger charge is -2.25. The number of carbonyl (C=O) groups is 2. The average molecular weight is 332 g/mol. The minimum Gasteiger partial charge on any atom is -0.399 e. The second kappa shape index (κ2) is 8.68. The number of benzene rings is 1. The molecule has 6 heteroatoms. The van der Waals surface area contributed by atoms with Gasteiger partial charge in [0.1, 0.15) is 0 Å². The van der Waals surface area contributed by atoms with Gasteiger partial charge in [0.25, 0.3) is 5.91 Å². The molecule has 0 aliphatic carbocycles. The lowest BCUT2D eigenvalue weighted by atomic mass is 10.2. The fourth-order valence-electron chi connectivity index (χ4n) is 3.01. The van der Waals surface area contributed by atoms with Crippen molar-refractivity contribution in [3.05, 3.63) is 29.8 Å². The largest absolute Gasteiger partial charge is 0.399 e. The number of carbonyl (C=O) groups excluding carboxylic acids is 2. The molecular formula is C18H28N4O2. The number of rotatable bonds is 5. The highest BCUT2D eigenvalue weighted by molar-refractivity contribution is 5.94. The van der Waals surface area contributed by atoms with Gasteiger partial charge in [-0.3, -0.25) is 14.5 Å². The Morgan fingerprint density at radius 2 is 1.71 bits per heavy atom. The van der Waals surface area contributed by atoms with E-state index in [1.165, 1.54) is 0 Å². The Bertz CT molecular complexity index is 555. The first-order chi connectivity index (χ1) is 11.5. The summed E-state index contributed by atoms with van der Waals surface area (Å²) in [6, 6.07) is 7.04. The molecule has 1 aromatic rings. The predicted molar refractivity (Wildman–Crippen MR) is 95.7 cm³/mol. The lowest BCUT2D eigenvalue weighted by Crippen LogP contribution is -2.42. The predicted octanol–water partition coefficient (Wildman–Crippen LogP) is 1.29. The van der Waals surface area contributed by atoms with Gasteiger partial charge < -0.3 is 15.5 Å². The van der Waals surface area contributed by atoms with Crippen LogP contribution in [0.4, 0.5) is 5.69 Å². The minimum absolute atomic E-state index is 0.0342. The van der Waals surface area contributed by atoms with Crippen LogP contribution in [0.2, 0.25) is 0 Å². The summed E-state index contributed by atoms with van der Waals surface area (Å²) < 4.78 is 0. The SMILES string of the molecule is CCN(CC)C(=O)CN1CCCN(C(=O)c2ccc(N)cc2)CC1. The first-order valence-electron chi connectivity index (χ1n) is 8.70. The molecule has 1 heterocycles. The van der Waals surface area contributed by atoms with Crippen molar-refractivity contribution in [2.45, 2.75) is 20.3 Å². The zero-order valence-electron chi connectivity index (χ0n) is 14.7. The van der Waals surface area contributed by atoms with Crippen molar-refractivity contribution < 1.29 is 9.59 Å². The highest BCUT2D eigenvalue weighted by Crippen LogP contribution is 2.11. The number of nitrogen functional groups attached to an aromatic ring is 1. The highest BCUT2D eigenvalue weighted by atomic mass is 16.2. The first kappa shape index (κ1) is 18.3. The molecule has 1 aromatic carbocycles. The third-order valence-electron chi connectivity index (χ3n) is 4.51. The van der Waals surface area contributed by atoms with E-state index in [4.69, 9.17) is 5.73 Å². The van der Waals surface area contributed by atoms with Gasteiger partial charge in [0.2, 0.25) is 5.91 Å². The van der Waals surface area contributed by atoms with Crippen molar-refractivity contribution in [3.8, 4) is 0 Å². The molecule has 0 radical (unpaired) electrons. The van der Waals surface area contributed by atoms with Gasteiger partial charge in [-0.25, -0.2) is 0 Å². The molecule has 24 heavy (non-hydrogen) atoms. The molecular weight excluding hydrogens is 304 g/mol. The van der Waals surface area contributed by atoms with Crippen LogP contribution in [0.3, 0.4) is 0 Å². The number of likely N-dealkylation sites (N-methyl/N-ethyl adjacent to an activating group) is 1. The monoisotopic (exact) mass is 332 g/mol. The zero-order chi connectivity index (χ0) is 17.5. The van der Waals surface area contributed by atoms with Gasteiger partial charge in [-0.1, -0.05) is 0 Å². The van der Waals surface area contributed by atoms with E-state index in [1.54, 1.807) is 24.3 Å². The van der Waals surface area contributed by atoms with Crippen LogP contribution in [0.5, 0.6) is 0 Å². The number of anilines is 1. The smallest absolute Gasteiger partial charge is 0.253 e. The molecule has 6 nitrogen and oxygen atoms in total. The van der Waals surface area contributed by atoms with Crippen molar-refractivity contribution in [2.75, 3.05) is 51.5 Å². The normalized spacial score (nSPS) is 15.8. The molecule has 0 bridgehead atoms. The molecule has 0 aromatic heterocycles.